The van der Waals surface area contributed by atoms with E-state index in [0.29, 0.717) is 12.1 Å². The van der Waals surface area contributed by atoms with Gasteiger partial charge >= 0.3 is 0 Å². The molecule has 0 fully saturated rings. The second-order valence-electron chi connectivity index (χ2n) is 5.08. The Balaban J connectivity index is 1.76. The lowest BCUT2D eigenvalue weighted by atomic mass is 10.1. The average Bonchev–Trinajstić information content (AvgIpc) is 3.07. The topological polar surface area (TPSA) is 42.0 Å². The second kappa shape index (κ2) is 6.54. The first-order valence-electron chi connectivity index (χ1n) is 7.05. The number of nitrogens with one attached hydrogen (secondary N) is 1. The molecule has 2 aromatic heterocycles. The largest absolute Gasteiger partial charge is 0.348 e. The van der Waals surface area contributed by atoms with Gasteiger partial charge in [0.05, 0.1) is 5.69 Å². The number of carbonyl (C=O) groups excluding carboxylic acids is 1. The second-order valence-corrected chi connectivity index (χ2v) is 5.86. The summed E-state index contributed by atoms with van der Waals surface area (Å²) in [7, 11) is 0. The van der Waals surface area contributed by atoms with Crippen LogP contribution in [0.15, 0.2) is 59.4 Å². The first-order chi connectivity index (χ1) is 10.7. The van der Waals surface area contributed by atoms with Crippen LogP contribution in [0.3, 0.4) is 0 Å². The summed E-state index contributed by atoms with van der Waals surface area (Å²) < 4.78 is 0. The van der Waals surface area contributed by atoms with E-state index >= 15 is 0 Å². The first kappa shape index (κ1) is 14.5. The summed E-state index contributed by atoms with van der Waals surface area (Å²) >= 11 is 1.64. The Bertz CT molecular complexity index is 781. The molecule has 1 aromatic carbocycles. The number of thiophene rings is 1. The third-order valence-corrected chi connectivity index (χ3v) is 4.09. The van der Waals surface area contributed by atoms with Gasteiger partial charge in [-0.05, 0) is 42.1 Å². The van der Waals surface area contributed by atoms with E-state index in [4.69, 9.17) is 0 Å². The molecule has 0 bridgehead atoms. The van der Waals surface area contributed by atoms with Gasteiger partial charge < -0.3 is 5.32 Å². The maximum absolute atomic E-state index is 12.2. The van der Waals surface area contributed by atoms with Crippen LogP contribution in [0.2, 0.25) is 0 Å². The molecule has 1 amide bonds. The van der Waals surface area contributed by atoms with Crippen molar-refractivity contribution in [3.05, 3.63) is 76.1 Å². The molecule has 3 rings (SSSR count). The van der Waals surface area contributed by atoms with Gasteiger partial charge in [-0.2, -0.15) is 11.3 Å². The zero-order chi connectivity index (χ0) is 15.4. The minimum atomic E-state index is -0.0659. The molecule has 0 aliphatic heterocycles. The Labute approximate surface area is 133 Å². The lowest BCUT2D eigenvalue weighted by Gasteiger charge is -2.09. The fourth-order valence-electron chi connectivity index (χ4n) is 2.30. The van der Waals surface area contributed by atoms with Crippen LogP contribution >= 0.6 is 11.3 Å². The number of pyridine rings is 1. The molecule has 2 heterocycles. The van der Waals surface area contributed by atoms with E-state index in [1.54, 1.807) is 17.5 Å². The number of hydrogen-bond acceptors (Lipinski definition) is 3. The highest BCUT2D eigenvalue weighted by molar-refractivity contribution is 7.08. The van der Waals surface area contributed by atoms with Gasteiger partial charge in [-0.1, -0.05) is 23.8 Å². The molecule has 3 nitrogen and oxygen atoms in total. The maximum Gasteiger partial charge on any atom is 0.251 e. The molecule has 0 aliphatic carbocycles. The van der Waals surface area contributed by atoms with Crippen molar-refractivity contribution in [1.29, 1.82) is 0 Å². The number of aryl methyl sites for hydroxylation is 1. The molecular weight excluding hydrogens is 292 g/mol. The third-order valence-electron chi connectivity index (χ3n) is 3.41. The third kappa shape index (κ3) is 3.23. The van der Waals surface area contributed by atoms with Gasteiger partial charge in [0.2, 0.25) is 0 Å². The van der Waals surface area contributed by atoms with E-state index < -0.39 is 0 Å². The Morgan fingerprint density at radius 2 is 2.14 bits per heavy atom. The molecule has 0 saturated heterocycles. The van der Waals surface area contributed by atoms with Crippen LogP contribution in [0.5, 0.6) is 0 Å². The molecule has 110 valence electrons. The molecule has 4 heteroatoms. The fraction of sp³-hybridized carbons (Fsp3) is 0.111. The molecule has 0 saturated carbocycles. The van der Waals surface area contributed by atoms with Crippen molar-refractivity contribution >= 4 is 17.2 Å². The predicted molar refractivity (Wildman–Crippen MR) is 89.9 cm³/mol. The normalized spacial score (nSPS) is 10.4. The predicted octanol–water partition coefficient (Wildman–Crippen LogP) is 4.05. The van der Waals surface area contributed by atoms with E-state index in [9.17, 15) is 4.79 Å². The number of hydrogen-bond donors (Lipinski definition) is 1. The summed E-state index contributed by atoms with van der Waals surface area (Å²) in [6, 6.07) is 13.5. The Morgan fingerprint density at radius 3 is 2.91 bits per heavy atom. The molecule has 0 aliphatic rings. The molecule has 0 radical (unpaired) electrons. The van der Waals surface area contributed by atoms with Gasteiger partial charge in [-0.25, -0.2) is 0 Å². The van der Waals surface area contributed by atoms with Gasteiger partial charge in [0.15, 0.2) is 0 Å². The molecule has 3 aromatic rings. The molecule has 0 atom stereocenters. The standard InChI is InChI=1S/C18H16N2OS/c1-13-4-2-5-14(10-13)18(21)20-11-15-6-3-8-19-17(15)16-7-9-22-12-16/h2-10,12H,11H2,1H3,(H,20,21). The summed E-state index contributed by atoms with van der Waals surface area (Å²) in [4.78, 5) is 16.7. The number of nitrogens with zero attached hydrogens (tertiary/aromatic N) is 1. The molecule has 1 N–H and O–H groups in total. The number of benzene rings is 1. The van der Waals surface area contributed by atoms with Crippen molar-refractivity contribution in [2.45, 2.75) is 13.5 Å². The molecule has 0 unspecified atom stereocenters. The highest BCUT2D eigenvalue weighted by atomic mass is 32.1. The van der Waals surface area contributed by atoms with Crippen LogP contribution in [0.25, 0.3) is 11.3 Å². The van der Waals surface area contributed by atoms with Gasteiger partial charge in [-0.15, -0.1) is 0 Å². The van der Waals surface area contributed by atoms with Gasteiger partial charge in [-0.3, -0.25) is 9.78 Å². The van der Waals surface area contributed by atoms with Crippen LogP contribution in [0, 0.1) is 6.92 Å². The zero-order valence-corrected chi connectivity index (χ0v) is 13.1. The number of rotatable bonds is 4. The summed E-state index contributed by atoms with van der Waals surface area (Å²) in [5.41, 5.74) is 4.79. The van der Waals surface area contributed by atoms with Crippen LogP contribution < -0.4 is 5.32 Å². The summed E-state index contributed by atoms with van der Waals surface area (Å²) in [6.07, 6.45) is 1.78. The fourth-order valence-corrected chi connectivity index (χ4v) is 2.94. The Kier molecular flexibility index (Phi) is 4.30. The summed E-state index contributed by atoms with van der Waals surface area (Å²) in [5, 5.41) is 7.06. The van der Waals surface area contributed by atoms with Gasteiger partial charge in [0, 0.05) is 29.2 Å². The van der Waals surface area contributed by atoms with Crippen molar-refractivity contribution < 1.29 is 4.79 Å². The van der Waals surface area contributed by atoms with Crippen molar-refractivity contribution in [2.75, 3.05) is 0 Å². The van der Waals surface area contributed by atoms with E-state index in [1.807, 2.05) is 54.8 Å². The smallest absolute Gasteiger partial charge is 0.251 e. The van der Waals surface area contributed by atoms with E-state index in [-0.39, 0.29) is 5.91 Å². The van der Waals surface area contributed by atoms with Crippen LogP contribution in [-0.4, -0.2) is 10.9 Å². The highest BCUT2D eigenvalue weighted by Gasteiger charge is 2.09. The monoisotopic (exact) mass is 308 g/mol. The molecule has 22 heavy (non-hydrogen) atoms. The van der Waals surface area contributed by atoms with Crippen LogP contribution in [-0.2, 0) is 6.54 Å². The average molecular weight is 308 g/mol. The van der Waals surface area contributed by atoms with E-state index in [1.165, 1.54) is 0 Å². The lowest BCUT2D eigenvalue weighted by molar-refractivity contribution is 0.0951. The SMILES string of the molecule is Cc1cccc(C(=O)NCc2cccnc2-c2ccsc2)c1. The van der Waals surface area contributed by atoms with Crippen molar-refractivity contribution in [1.82, 2.24) is 10.3 Å². The zero-order valence-electron chi connectivity index (χ0n) is 12.2. The summed E-state index contributed by atoms with van der Waals surface area (Å²) in [5.74, 6) is -0.0659. The van der Waals surface area contributed by atoms with Gasteiger partial charge in [0.1, 0.15) is 0 Å². The van der Waals surface area contributed by atoms with E-state index in [2.05, 4.69) is 15.7 Å². The highest BCUT2D eigenvalue weighted by Crippen LogP contribution is 2.23. The quantitative estimate of drug-likeness (QED) is 0.790. The summed E-state index contributed by atoms with van der Waals surface area (Å²) in [6.45, 7) is 2.44. The number of carbonyl (C=O) groups is 1. The minimum Gasteiger partial charge on any atom is -0.348 e. The first-order valence-corrected chi connectivity index (χ1v) is 7.99. The Hall–Kier alpha value is -2.46. The van der Waals surface area contributed by atoms with Crippen molar-refractivity contribution in [3.63, 3.8) is 0 Å². The molecule has 0 spiro atoms. The van der Waals surface area contributed by atoms with Crippen LogP contribution in [0.1, 0.15) is 21.5 Å². The lowest BCUT2D eigenvalue weighted by Crippen LogP contribution is -2.23. The molecular formula is C18H16N2OS. The maximum atomic E-state index is 12.2. The van der Waals surface area contributed by atoms with Crippen molar-refractivity contribution in [2.24, 2.45) is 0 Å². The van der Waals surface area contributed by atoms with E-state index in [0.717, 1.165) is 22.4 Å². The Morgan fingerprint density at radius 1 is 1.23 bits per heavy atom. The van der Waals surface area contributed by atoms with Crippen LogP contribution in [0.4, 0.5) is 0 Å². The minimum absolute atomic E-state index is 0.0659. The van der Waals surface area contributed by atoms with Crippen molar-refractivity contribution in [3.8, 4) is 11.3 Å². The number of amides is 1. The number of aromatic nitrogens is 1. The van der Waals surface area contributed by atoms with Gasteiger partial charge in [0.25, 0.3) is 5.91 Å².